The van der Waals surface area contributed by atoms with Gasteiger partial charge in [-0.3, -0.25) is 14.4 Å². The Kier molecular flexibility index (Phi) is 9.58. The minimum atomic E-state index is -1.18. The summed E-state index contributed by atoms with van der Waals surface area (Å²) in [6.45, 7) is 14.0. The molecule has 3 aliphatic rings. The van der Waals surface area contributed by atoms with E-state index in [1.165, 1.54) is 0 Å². The molecule has 0 saturated carbocycles. The number of carbonyl (C=O) groups is 3. The van der Waals surface area contributed by atoms with E-state index in [1.807, 2.05) is 44.2 Å². The molecule has 8 atom stereocenters. The second-order valence-electron chi connectivity index (χ2n) is 11.1. The van der Waals surface area contributed by atoms with Crippen molar-refractivity contribution >= 4 is 39.3 Å². The van der Waals surface area contributed by atoms with Crippen molar-refractivity contribution in [2.24, 2.45) is 11.8 Å². The molecular formula is C31H42BrN3O5. The van der Waals surface area contributed by atoms with Crippen molar-refractivity contribution in [2.75, 3.05) is 24.6 Å². The highest BCUT2D eigenvalue weighted by Crippen LogP contribution is 2.61. The standard InChI is InChI=1S/C31H42BrN3O5/c1-6-13-20(5)33(16-7-2)30(39)27-31-18-23(32)26(40-31)24(25(31)29(38)35(27)21(9-4)19-36)28(37)34(17-8-3)22-14-11-10-12-15-22/h7-8,10-12,14-15,20-21,23-27,36H,2-3,6,9,13,16-19H2,1,4-5H3/t20?,21-,23?,24+,25-,26+,27?,31?/m0/s1. The van der Waals surface area contributed by atoms with Gasteiger partial charge in [0.1, 0.15) is 11.6 Å². The van der Waals surface area contributed by atoms with Crippen LogP contribution < -0.4 is 4.90 Å². The zero-order valence-electron chi connectivity index (χ0n) is 23.7. The number of amides is 3. The topological polar surface area (TPSA) is 90.4 Å². The number of hydrogen-bond acceptors (Lipinski definition) is 5. The summed E-state index contributed by atoms with van der Waals surface area (Å²) >= 11 is 3.75. The van der Waals surface area contributed by atoms with Crippen LogP contribution in [0, 0.1) is 11.8 Å². The molecule has 3 heterocycles. The molecule has 3 saturated heterocycles. The third-order valence-corrected chi connectivity index (χ3v) is 9.66. The number of benzene rings is 1. The molecule has 218 valence electrons. The first-order valence-electron chi connectivity index (χ1n) is 14.4. The number of alkyl halides is 1. The van der Waals surface area contributed by atoms with Crippen molar-refractivity contribution < 1.29 is 24.2 Å². The van der Waals surface area contributed by atoms with Gasteiger partial charge in [0, 0.05) is 29.6 Å². The summed E-state index contributed by atoms with van der Waals surface area (Å²) in [6, 6.07) is 7.72. The minimum Gasteiger partial charge on any atom is -0.394 e. The van der Waals surface area contributed by atoms with Crippen LogP contribution in [0.25, 0.3) is 0 Å². The van der Waals surface area contributed by atoms with Crippen LogP contribution in [0.3, 0.4) is 0 Å². The van der Waals surface area contributed by atoms with Crippen LogP contribution in [0.1, 0.15) is 46.5 Å². The molecule has 40 heavy (non-hydrogen) atoms. The van der Waals surface area contributed by atoms with Gasteiger partial charge in [0.05, 0.1) is 30.6 Å². The Hall–Kier alpha value is -2.49. The number of hydrogen-bond donors (Lipinski definition) is 1. The Morgan fingerprint density at radius 1 is 1.20 bits per heavy atom. The van der Waals surface area contributed by atoms with Crippen molar-refractivity contribution in [1.82, 2.24) is 9.80 Å². The maximum absolute atomic E-state index is 14.5. The van der Waals surface area contributed by atoms with Gasteiger partial charge < -0.3 is 24.5 Å². The van der Waals surface area contributed by atoms with Crippen LogP contribution in [-0.4, -0.2) is 87.0 Å². The van der Waals surface area contributed by atoms with Crippen molar-refractivity contribution in [3.63, 3.8) is 0 Å². The van der Waals surface area contributed by atoms with Crippen molar-refractivity contribution in [3.8, 4) is 0 Å². The quantitative estimate of drug-likeness (QED) is 0.268. The molecule has 0 aliphatic carbocycles. The Bertz CT molecular complexity index is 1110. The van der Waals surface area contributed by atoms with E-state index in [1.54, 1.807) is 26.9 Å². The molecule has 4 unspecified atom stereocenters. The number of halogens is 1. The fourth-order valence-electron chi connectivity index (χ4n) is 7.03. The fraction of sp³-hybridized carbons (Fsp3) is 0.581. The number of anilines is 1. The highest BCUT2D eigenvalue weighted by Gasteiger charge is 2.77. The normalized spacial score (nSPS) is 30.1. The molecular weight excluding hydrogens is 574 g/mol. The molecule has 1 aromatic carbocycles. The Morgan fingerprint density at radius 2 is 1.88 bits per heavy atom. The van der Waals surface area contributed by atoms with E-state index in [2.05, 4.69) is 36.0 Å². The zero-order valence-corrected chi connectivity index (χ0v) is 25.3. The lowest BCUT2D eigenvalue weighted by molar-refractivity contribution is -0.152. The summed E-state index contributed by atoms with van der Waals surface area (Å²) in [5, 5.41) is 10.3. The van der Waals surface area contributed by atoms with E-state index in [0.717, 1.165) is 12.8 Å². The van der Waals surface area contributed by atoms with Gasteiger partial charge in [-0.25, -0.2) is 0 Å². The molecule has 1 spiro atoms. The second kappa shape index (κ2) is 12.6. The minimum absolute atomic E-state index is 0.0749. The van der Waals surface area contributed by atoms with Crippen molar-refractivity contribution in [3.05, 3.63) is 55.6 Å². The predicted molar refractivity (Wildman–Crippen MR) is 159 cm³/mol. The van der Waals surface area contributed by atoms with Crippen LogP contribution in [0.4, 0.5) is 5.69 Å². The molecule has 2 bridgehead atoms. The molecule has 1 aromatic rings. The summed E-state index contributed by atoms with van der Waals surface area (Å²) < 4.78 is 6.70. The largest absolute Gasteiger partial charge is 0.394 e. The molecule has 3 aliphatic heterocycles. The van der Waals surface area contributed by atoms with Crippen molar-refractivity contribution in [2.45, 2.75) is 81.1 Å². The van der Waals surface area contributed by atoms with Gasteiger partial charge in [-0.2, -0.15) is 0 Å². The van der Waals surface area contributed by atoms with Crippen molar-refractivity contribution in [1.29, 1.82) is 0 Å². The van der Waals surface area contributed by atoms with Gasteiger partial charge in [-0.1, -0.05) is 66.5 Å². The lowest BCUT2D eigenvalue weighted by Gasteiger charge is -2.41. The maximum Gasteiger partial charge on any atom is 0.248 e. The molecule has 4 rings (SSSR count). The number of aliphatic hydroxyl groups is 1. The molecule has 8 nitrogen and oxygen atoms in total. The fourth-order valence-corrected chi connectivity index (χ4v) is 7.98. The van der Waals surface area contributed by atoms with Gasteiger partial charge in [0.2, 0.25) is 17.7 Å². The van der Waals surface area contributed by atoms with Crippen LogP contribution in [-0.2, 0) is 19.1 Å². The molecule has 1 N–H and O–H groups in total. The number of carbonyl (C=O) groups excluding carboxylic acids is 3. The van der Waals surface area contributed by atoms with Gasteiger partial charge >= 0.3 is 0 Å². The summed E-state index contributed by atoms with van der Waals surface area (Å²) in [4.78, 5) is 48.0. The summed E-state index contributed by atoms with van der Waals surface area (Å²) in [5.41, 5.74) is -0.477. The smallest absolute Gasteiger partial charge is 0.248 e. The van der Waals surface area contributed by atoms with E-state index in [9.17, 15) is 19.5 Å². The second-order valence-corrected chi connectivity index (χ2v) is 12.3. The highest BCUT2D eigenvalue weighted by atomic mass is 79.9. The molecule has 3 amide bonds. The van der Waals surface area contributed by atoms with Gasteiger partial charge in [-0.15, -0.1) is 13.2 Å². The lowest BCUT2D eigenvalue weighted by Crippen LogP contribution is -2.60. The van der Waals surface area contributed by atoms with E-state index >= 15 is 0 Å². The monoisotopic (exact) mass is 615 g/mol. The molecule has 9 heteroatoms. The Morgan fingerprint density at radius 3 is 2.45 bits per heavy atom. The third kappa shape index (κ3) is 4.94. The Labute approximate surface area is 246 Å². The average Bonchev–Trinajstić information content (AvgIpc) is 3.54. The number of nitrogens with zero attached hydrogens (tertiary/aromatic N) is 3. The highest BCUT2D eigenvalue weighted by molar-refractivity contribution is 9.09. The average molecular weight is 617 g/mol. The van der Waals surface area contributed by atoms with E-state index < -0.39 is 35.6 Å². The molecule has 3 fully saturated rings. The molecule has 0 aromatic heterocycles. The van der Waals surface area contributed by atoms with E-state index in [-0.39, 0.29) is 41.7 Å². The lowest BCUT2D eigenvalue weighted by atomic mass is 9.70. The van der Waals surface area contributed by atoms with Crippen LogP contribution in [0.5, 0.6) is 0 Å². The number of para-hydroxylation sites is 1. The number of aliphatic hydroxyl groups excluding tert-OH is 1. The predicted octanol–water partition coefficient (Wildman–Crippen LogP) is 3.93. The number of likely N-dealkylation sites (tertiary alicyclic amines) is 1. The van der Waals surface area contributed by atoms with Crippen LogP contribution in [0.2, 0.25) is 0 Å². The number of rotatable bonds is 13. The van der Waals surface area contributed by atoms with Gasteiger partial charge in [-0.05, 0) is 38.3 Å². The van der Waals surface area contributed by atoms with E-state index in [4.69, 9.17) is 4.74 Å². The number of fused-ring (bicyclic) bond motifs is 1. The van der Waals surface area contributed by atoms with Gasteiger partial charge in [0.25, 0.3) is 0 Å². The number of ether oxygens (including phenoxy) is 1. The van der Waals surface area contributed by atoms with Crippen LogP contribution >= 0.6 is 15.9 Å². The maximum atomic E-state index is 14.5. The first-order valence-corrected chi connectivity index (χ1v) is 15.3. The first-order chi connectivity index (χ1) is 19.2. The first kappa shape index (κ1) is 30.5. The molecule has 0 radical (unpaired) electrons. The summed E-state index contributed by atoms with van der Waals surface area (Å²) in [7, 11) is 0. The summed E-state index contributed by atoms with van der Waals surface area (Å²) in [5.74, 6) is -2.37. The van der Waals surface area contributed by atoms with E-state index in [0.29, 0.717) is 25.1 Å². The van der Waals surface area contributed by atoms with Crippen LogP contribution in [0.15, 0.2) is 55.6 Å². The SMILES string of the molecule is C=CCN(C(=O)[C@H]1[C@@H]2OC3(CC2Br)C(C(=O)N(CC=C)C(C)CCC)N([C@@H](CC)CO)C(=O)[C@H]13)c1ccccc1. The zero-order chi connectivity index (χ0) is 29.2. The Balaban J connectivity index is 1.82. The third-order valence-electron chi connectivity index (χ3n) is 8.81. The van der Waals surface area contributed by atoms with Gasteiger partial charge in [0.15, 0.2) is 0 Å². The summed E-state index contributed by atoms with van der Waals surface area (Å²) in [6.07, 6.45) is 5.38.